The molecule has 0 atom stereocenters. The minimum Gasteiger partial charge on any atom is -0.497 e. The zero-order valence-corrected chi connectivity index (χ0v) is 13.4. The van der Waals surface area contributed by atoms with Crippen LogP contribution in [0.3, 0.4) is 0 Å². The Morgan fingerprint density at radius 1 is 1.26 bits per heavy atom. The molecule has 1 amide bonds. The third-order valence-corrected chi connectivity index (χ3v) is 3.18. The normalized spacial score (nSPS) is 10.0. The van der Waals surface area contributed by atoms with Gasteiger partial charge < -0.3 is 19.7 Å². The monoisotopic (exact) mass is 316 g/mol. The molecule has 7 heteroatoms. The number of aromatic nitrogens is 2. The number of nitrogens with one attached hydrogen (secondary N) is 1. The molecule has 0 bridgehead atoms. The van der Waals surface area contributed by atoms with Gasteiger partial charge in [-0.2, -0.15) is 4.98 Å². The fraction of sp³-hybridized carbons (Fsp3) is 0.312. The summed E-state index contributed by atoms with van der Waals surface area (Å²) in [7, 11) is 3.12. The van der Waals surface area contributed by atoms with Gasteiger partial charge in [0.25, 0.3) is 0 Å². The van der Waals surface area contributed by atoms with Crippen molar-refractivity contribution in [3.8, 4) is 11.6 Å². The second-order valence-electron chi connectivity index (χ2n) is 4.69. The van der Waals surface area contributed by atoms with Crippen LogP contribution in [-0.4, -0.2) is 43.2 Å². The Morgan fingerprint density at radius 3 is 2.78 bits per heavy atom. The minimum atomic E-state index is -0.161. The molecule has 1 aromatic heterocycles. The SMILES string of the molecule is CCN(CC(=O)Nc1cccc(OC)c1)c1nccc(OC)n1. The van der Waals surface area contributed by atoms with Crippen molar-refractivity contribution < 1.29 is 14.3 Å². The van der Waals surface area contributed by atoms with Gasteiger partial charge in [0.05, 0.1) is 14.2 Å². The highest BCUT2D eigenvalue weighted by Gasteiger charge is 2.13. The van der Waals surface area contributed by atoms with Crippen LogP contribution in [-0.2, 0) is 4.79 Å². The second kappa shape index (κ2) is 7.98. The van der Waals surface area contributed by atoms with E-state index in [1.54, 1.807) is 36.4 Å². The smallest absolute Gasteiger partial charge is 0.244 e. The largest absolute Gasteiger partial charge is 0.497 e. The van der Waals surface area contributed by atoms with Crippen molar-refractivity contribution >= 4 is 17.5 Å². The van der Waals surface area contributed by atoms with E-state index < -0.39 is 0 Å². The average molecular weight is 316 g/mol. The lowest BCUT2D eigenvalue weighted by molar-refractivity contribution is -0.115. The summed E-state index contributed by atoms with van der Waals surface area (Å²) < 4.78 is 10.2. The van der Waals surface area contributed by atoms with Crippen LogP contribution in [0, 0.1) is 0 Å². The third-order valence-electron chi connectivity index (χ3n) is 3.18. The molecule has 1 heterocycles. The van der Waals surface area contributed by atoms with Gasteiger partial charge in [0.15, 0.2) is 0 Å². The van der Waals surface area contributed by atoms with Crippen LogP contribution in [0.25, 0.3) is 0 Å². The molecule has 1 N–H and O–H groups in total. The highest BCUT2D eigenvalue weighted by Crippen LogP contribution is 2.17. The summed E-state index contributed by atoms with van der Waals surface area (Å²) >= 11 is 0. The van der Waals surface area contributed by atoms with Crippen LogP contribution in [0.4, 0.5) is 11.6 Å². The molecule has 0 aliphatic carbocycles. The van der Waals surface area contributed by atoms with Crippen molar-refractivity contribution in [1.82, 2.24) is 9.97 Å². The first-order valence-corrected chi connectivity index (χ1v) is 7.22. The van der Waals surface area contributed by atoms with Gasteiger partial charge in [-0.1, -0.05) is 6.07 Å². The molecule has 0 unspecified atom stereocenters. The van der Waals surface area contributed by atoms with Gasteiger partial charge in [-0.15, -0.1) is 0 Å². The van der Waals surface area contributed by atoms with Crippen molar-refractivity contribution in [2.75, 3.05) is 37.5 Å². The molecule has 1 aromatic carbocycles. The van der Waals surface area contributed by atoms with Gasteiger partial charge in [-0.05, 0) is 19.1 Å². The standard InChI is InChI=1S/C16H20N4O3/c1-4-20(16-17-9-8-15(19-16)23-3)11-14(21)18-12-6-5-7-13(10-12)22-2/h5-10H,4,11H2,1-3H3,(H,18,21). The lowest BCUT2D eigenvalue weighted by Crippen LogP contribution is -2.34. The molecule has 122 valence electrons. The highest BCUT2D eigenvalue weighted by molar-refractivity contribution is 5.94. The predicted octanol–water partition coefficient (Wildman–Crippen LogP) is 1.96. The van der Waals surface area contributed by atoms with Crippen molar-refractivity contribution in [2.24, 2.45) is 0 Å². The number of methoxy groups -OCH3 is 2. The van der Waals surface area contributed by atoms with Crippen LogP contribution in [0.5, 0.6) is 11.6 Å². The molecule has 2 aromatic rings. The van der Waals surface area contributed by atoms with Gasteiger partial charge >= 0.3 is 0 Å². The first-order chi connectivity index (χ1) is 11.2. The number of benzene rings is 1. The van der Waals surface area contributed by atoms with Crippen molar-refractivity contribution in [3.63, 3.8) is 0 Å². The van der Waals surface area contributed by atoms with E-state index in [2.05, 4.69) is 15.3 Å². The zero-order chi connectivity index (χ0) is 16.7. The van der Waals surface area contributed by atoms with E-state index in [-0.39, 0.29) is 12.5 Å². The molecular weight excluding hydrogens is 296 g/mol. The van der Waals surface area contributed by atoms with Crippen molar-refractivity contribution in [3.05, 3.63) is 36.5 Å². The van der Waals surface area contributed by atoms with E-state index in [1.807, 2.05) is 19.1 Å². The highest BCUT2D eigenvalue weighted by atomic mass is 16.5. The molecule has 0 aliphatic rings. The fourth-order valence-corrected chi connectivity index (χ4v) is 2.00. The van der Waals surface area contributed by atoms with Crippen molar-refractivity contribution in [2.45, 2.75) is 6.92 Å². The quantitative estimate of drug-likeness (QED) is 0.841. The zero-order valence-electron chi connectivity index (χ0n) is 13.4. The molecule has 2 rings (SSSR count). The van der Waals surface area contributed by atoms with E-state index in [0.29, 0.717) is 29.8 Å². The van der Waals surface area contributed by atoms with Gasteiger partial charge in [-0.25, -0.2) is 4.98 Å². The lowest BCUT2D eigenvalue weighted by Gasteiger charge is -2.20. The fourth-order valence-electron chi connectivity index (χ4n) is 2.00. The molecule has 0 aliphatic heterocycles. The van der Waals surface area contributed by atoms with Crippen LogP contribution in [0.2, 0.25) is 0 Å². The van der Waals surface area contributed by atoms with Crippen LogP contribution >= 0.6 is 0 Å². The van der Waals surface area contributed by atoms with Crippen LogP contribution in [0.1, 0.15) is 6.92 Å². The molecule has 0 saturated heterocycles. The summed E-state index contributed by atoms with van der Waals surface area (Å²) in [5, 5.41) is 2.83. The summed E-state index contributed by atoms with van der Waals surface area (Å²) in [5.74, 6) is 1.44. The number of anilines is 2. The molecular formula is C16H20N4O3. The van der Waals surface area contributed by atoms with Gasteiger partial charge in [0, 0.05) is 30.6 Å². The molecule has 7 nitrogen and oxygen atoms in total. The predicted molar refractivity (Wildman–Crippen MR) is 88.1 cm³/mol. The first-order valence-electron chi connectivity index (χ1n) is 7.22. The van der Waals surface area contributed by atoms with E-state index in [0.717, 1.165) is 0 Å². The second-order valence-corrected chi connectivity index (χ2v) is 4.69. The van der Waals surface area contributed by atoms with E-state index >= 15 is 0 Å². The van der Waals surface area contributed by atoms with Gasteiger partial charge in [0.2, 0.25) is 17.7 Å². The number of likely N-dealkylation sites (N-methyl/N-ethyl adjacent to an activating group) is 1. The Hall–Kier alpha value is -2.83. The van der Waals surface area contributed by atoms with Gasteiger partial charge in [-0.3, -0.25) is 4.79 Å². The Bertz CT molecular complexity index is 663. The Kier molecular flexibility index (Phi) is 5.74. The maximum atomic E-state index is 12.2. The van der Waals surface area contributed by atoms with Crippen LogP contribution in [0.15, 0.2) is 36.5 Å². The number of nitrogens with zero attached hydrogens (tertiary/aromatic N) is 3. The molecule has 0 fully saturated rings. The third kappa shape index (κ3) is 4.57. The molecule has 23 heavy (non-hydrogen) atoms. The first kappa shape index (κ1) is 16.5. The number of amides is 1. The molecule has 0 spiro atoms. The van der Waals surface area contributed by atoms with Gasteiger partial charge in [0.1, 0.15) is 12.3 Å². The Balaban J connectivity index is 2.04. The number of hydrogen-bond donors (Lipinski definition) is 1. The maximum absolute atomic E-state index is 12.2. The molecule has 0 saturated carbocycles. The number of carbonyl (C=O) groups excluding carboxylic acids is 1. The molecule has 0 radical (unpaired) electrons. The van der Waals surface area contributed by atoms with E-state index in [9.17, 15) is 4.79 Å². The van der Waals surface area contributed by atoms with Crippen molar-refractivity contribution in [1.29, 1.82) is 0 Å². The Labute approximate surface area is 135 Å². The average Bonchev–Trinajstić information content (AvgIpc) is 2.59. The number of rotatable bonds is 7. The summed E-state index contributed by atoms with van der Waals surface area (Å²) in [5.41, 5.74) is 0.678. The van der Waals surface area contributed by atoms with Crippen LogP contribution < -0.4 is 19.7 Å². The lowest BCUT2D eigenvalue weighted by atomic mass is 10.3. The summed E-state index contributed by atoms with van der Waals surface area (Å²) in [4.78, 5) is 22.4. The number of carbonyl (C=O) groups is 1. The number of ether oxygens (including phenoxy) is 2. The number of hydrogen-bond acceptors (Lipinski definition) is 6. The topological polar surface area (TPSA) is 76.6 Å². The summed E-state index contributed by atoms with van der Waals surface area (Å²) in [6, 6.07) is 8.86. The summed E-state index contributed by atoms with van der Waals surface area (Å²) in [6.45, 7) is 2.67. The van der Waals surface area contributed by atoms with E-state index in [1.165, 1.54) is 7.11 Å². The minimum absolute atomic E-state index is 0.140. The Morgan fingerprint density at radius 2 is 2.09 bits per heavy atom. The van der Waals surface area contributed by atoms with E-state index in [4.69, 9.17) is 9.47 Å². The maximum Gasteiger partial charge on any atom is 0.244 e. The summed E-state index contributed by atoms with van der Waals surface area (Å²) in [6.07, 6.45) is 1.60.